The van der Waals surface area contributed by atoms with Gasteiger partial charge in [-0.2, -0.15) is 5.10 Å². The second kappa shape index (κ2) is 9.65. The summed E-state index contributed by atoms with van der Waals surface area (Å²) in [6.45, 7) is 6.53. The summed E-state index contributed by atoms with van der Waals surface area (Å²) in [5, 5.41) is 29.6. The minimum absolute atomic E-state index is 0.0934. The van der Waals surface area contributed by atoms with Gasteiger partial charge >= 0.3 is 0 Å². The number of pyridine rings is 1. The number of carbonyl (C=O) groups is 1. The number of para-hydroxylation sites is 1. The van der Waals surface area contributed by atoms with E-state index in [0.29, 0.717) is 12.8 Å². The number of hydrogen-bond acceptors (Lipinski definition) is 6. The number of carbonyl (C=O) groups excluding carboxylic acids is 1. The van der Waals surface area contributed by atoms with Crippen LogP contribution in [-0.2, 0) is 11.2 Å². The summed E-state index contributed by atoms with van der Waals surface area (Å²) in [6.07, 6.45) is 10.0. The average molecular weight is 570 g/mol. The van der Waals surface area contributed by atoms with Crippen LogP contribution in [0.15, 0.2) is 65.5 Å². The lowest BCUT2D eigenvalue weighted by atomic mass is 9.45. The molecular weight excluding hydrogens is 530 g/mol. The van der Waals surface area contributed by atoms with Crippen molar-refractivity contribution in [1.29, 1.82) is 0 Å². The third-order valence-corrected chi connectivity index (χ3v) is 12.3. The topological polar surface area (TPSA) is 88.2 Å². The van der Waals surface area contributed by atoms with Gasteiger partial charge in [0.05, 0.1) is 34.5 Å². The Kier molecular flexibility index (Phi) is 6.38. The van der Waals surface area contributed by atoms with Gasteiger partial charge < -0.3 is 10.2 Å². The highest BCUT2D eigenvalue weighted by Crippen LogP contribution is 2.67. The second-order valence-corrected chi connectivity index (χ2v) is 14.3. The summed E-state index contributed by atoms with van der Waals surface area (Å²) in [7, 11) is 0. The average Bonchev–Trinajstić information content (AvgIpc) is 3.48. The maximum atomic E-state index is 13.6. The molecular formula is C34H39N3O3S. The van der Waals surface area contributed by atoms with Gasteiger partial charge in [-0.3, -0.25) is 4.79 Å². The lowest BCUT2D eigenvalue weighted by molar-refractivity contribution is -0.177. The quantitative estimate of drug-likeness (QED) is 0.377. The summed E-state index contributed by atoms with van der Waals surface area (Å²) >= 11 is 1.39. The molecule has 0 aliphatic heterocycles. The van der Waals surface area contributed by atoms with E-state index in [4.69, 9.17) is 5.10 Å². The molecule has 7 unspecified atom stereocenters. The van der Waals surface area contributed by atoms with Gasteiger partial charge in [0.25, 0.3) is 0 Å². The molecule has 2 heterocycles. The van der Waals surface area contributed by atoms with Gasteiger partial charge in [0.2, 0.25) is 0 Å². The number of ketones is 1. The molecule has 3 saturated carbocycles. The zero-order valence-corrected chi connectivity index (χ0v) is 24.9. The van der Waals surface area contributed by atoms with Crippen molar-refractivity contribution >= 4 is 23.6 Å². The number of aliphatic hydroxyl groups is 2. The molecule has 2 N–H and O–H groups in total. The Morgan fingerprint density at radius 1 is 1.15 bits per heavy atom. The maximum Gasteiger partial charge on any atom is 0.175 e. The minimum Gasteiger partial charge on any atom is -0.393 e. The van der Waals surface area contributed by atoms with E-state index in [2.05, 4.69) is 60.8 Å². The van der Waals surface area contributed by atoms with Crippen LogP contribution in [0.3, 0.4) is 0 Å². The third-order valence-electron chi connectivity index (χ3n) is 11.4. The van der Waals surface area contributed by atoms with Crippen LogP contribution >= 0.6 is 11.8 Å². The Hall–Kier alpha value is -2.74. The zero-order chi connectivity index (χ0) is 28.6. The largest absolute Gasteiger partial charge is 0.393 e. The van der Waals surface area contributed by atoms with E-state index in [1.165, 1.54) is 28.5 Å². The van der Waals surface area contributed by atoms with Crippen LogP contribution < -0.4 is 0 Å². The number of benzene rings is 1. The van der Waals surface area contributed by atoms with E-state index >= 15 is 0 Å². The van der Waals surface area contributed by atoms with E-state index in [9.17, 15) is 15.0 Å². The highest BCUT2D eigenvalue weighted by Gasteiger charge is 2.68. The maximum absolute atomic E-state index is 13.6. The summed E-state index contributed by atoms with van der Waals surface area (Å²) < 4.78 is 2.07. The van der Waals surface area contributed by atoms with Crippen molar-refractivity contribution in [3.63, 3.8) is 0 Å². The lowest BCUT2D eigenvalue weighted by Crippen LogP contribution is -2.62. The van der Waals surface area contributed by atoms with Gasteiger partial charge in [0.1, 0.15) is 5.60 Å². The molecule has 0 spiro atoms. The van der Waals surface area contributed by atoms with Crippen LogP contribution in [0.4, 0.5) is 0 Å². The molecule has 0 bridgehead atoms. The predicted octanol–water partition coefficient (Wildman–Crippen LogP) is 5.82. The van der Waals surface area contributed by atoms with Crippen molar-refractivity contribution in [3.8, 4) is 5.69 Å². The molecule has 3 fully saturated rings. The first-order valence-electron chi connectivity index (χ1n) is 15.0. The van der Waals surface area contributed by atoms with Crippen LogP contribution in [-0.4, -0.2) is 48.2 Å². The molecule has 7 rings (SSSR count). The molecule has 0 amide bonds. The number of fused-ring (bicyclic) bond motifs is 6. The van der Waals surface area contributed by atoms with Gasteiger partial charge in [-0.15, -0.1) is 0 Å². The molecule has 4 aliphatic rings. The van der Waals surface area contributed by atoms with Crippen LogP contribution in [0.5, 0.6) is 0 Å². The Balaban J connectivity index is 1.17. The minimum atomic E-state index is -1.42. The van der Waals surface area contributed by atoms with Crippen molar-refractivity contribution < 1.29 is 15.0 Å². The molecule has 0 radical (unpaired) electrons. The fourth-order valence-electron chi connectivity index (χ4n) is 9.33. The van der Waals surface area contributed by atoms with Crippen molar-refractivity contribution in [2.24, 2.45) is 28.6 Å². The number of aromatic nitrogens is 3. The van der Waals surface area contributed by atoms with Gasteiger partial charge in [0.15, 0.2) is 5.78 Å². The van der Waals surface area contributed by atoms with Crippen LogP contribution in [0.25, 0.3) is 11.8 Å². The molecule has 7 atom stereocenters. The summed E-state index contributed by atoms with van der Waals surface area (Å²) in [4.78, 5) is 18.0. The van der Waals surface area contributed by atoms with Gasteiger partial charge in [-0.1, -0.05) is 55.4 Å². The van der Waals surface area contributed by atoms with Gasteiger partial charge in [-0.25, -0.2) is 9.67 Å². The van der Waals surface area contributed by atoms with Gasteiger partial charge in [0, 0.05) is 11.6 Å². The van der Waals surface area contributed by atoms with Crippen molar-refractivity contribution in [3.05, 3.63) is 77.3 Å². The second-order valence-electron chi connectivity index (χ2n) is 13.3. The lowest BCUT2D eigenvalue weighted by Gasteiger charge is -2.60. The molecule has 0 saturated heterocycles. The van der Waals surface area contributed by atoms with Gasteiger partial charge in [-0.05, 0) is 104 Å². The fourth-order valence-corrected chi connectivity index (χ4v) is 10.2. The fraction of sp³-hybridized carbons (Fsp3) is 0.500. The standard InChI is InChI=1S/C34H39N3O3S/c1-21-8-4-5-9-26(21)37-27-16-23-11-12-24-25-13-14-34(40,29(39)20-41-30-10-6-7-15-35-30)33(25,3)18-28(38)31(24)32(23,2)17-22(27)19-36-37/h4-10,15-16,19,24-25,28,31,38,40H,11-14,17-18,20H2,1-3H3. The zero-order valence-electron chi connectivity index (χ0n) is 24.1. The van der Waals surface area contributed by atoms with E-state index in [-0.39, 0.29) is 34.7 Å². The Labute approximate surface area is 246 Å². The molecule has 6 nitrogen and oxygen atoms in total. The number of aryl methyl sites for hydroxylation is 1. The first-order valence-corrected chi connectivity index (χ1v) is 16.0. The molecule has 3 aromatic rings. The number of hydrogen-bond donors (Lipinski definition) is 2. The van der Waals surface area contributed by atoms with E-state index in [0.717, 1.165) is 42.1 Å². The first kappa shape index (κ1) is 27.1. The summed E-state index contributed by atoms with van der Waals surface area (Å²) in [5.41, 5.74) is 3.86. The summed E-state index contributed by atoms with van der Waals surface area (Å²) in [5.74, 6) is 0.634. The molecule has 1 aromatic carbocycles. The summed E-state index contributed by atoms with van der Waals surface area (Å²) in [6, 6.07) is 14.0. The Morgan fingerprint density at radius 2 is 1.95 bits per heavy atom. The van der Waals surface area contributed by atoms with E-state index in [1.807, 2.05) is 24.4 Å². The van der Waals surface area contributed by atoms with E-state index < -0.39 is 17.1 Å². The van der Waals surface area contributed by atoms with Crippen LogP contribution in [0, 0.1) is 35.5 Å². The first-order chi connectivity index (χ1) is 19.7. The predicted molar refractivity (Wildman–Crippen MR) is 161 cm³/mol. The van der Waals surface area contributed by atoms with Crippen molar-refractivity contribution in [2.45, 2.75) is 76.0 Å². The van der Waals surface area contributed by atoms with E-state index in [1.54, 1.807) is 6.20 Å². The number of allylic oxidation sites excluding steroid dienone is 1. The molecule has 2 aromatic heterocycles. The number of rotatable bonds is 5. The third kappa shape index (κ3) is 3.95. The Morgan fingerprint density at radius 3 is 2.73 bits per heavy atom. The highest BCUT2D eigenvalue weighted by atomic mass is 32.2. The monoisotopic (exact) mass is 569 g/mol. The number of nitrogens with zero attached hydrogens (tertiary/aromatic N) is 3. The number of Topliss-reactive ketones (excluding diaryl/α,β-unsaturated/α-hetero) is 1. The highest BCUT2D eigenvalue weighted by molar-refractivity contribution is 7.99. The SMILES string of the molecule is Cc1ccccc1-n1ncc2c1C=C1CCC3C(C(O)CC4(C)C3CCC4(O)C(=O)CSc3ccccn3)C1(C)C2. The Bertz CT molecular complexity index is 1530. The van der Waals surface area contributed by atoms with Crippen LogP contribution in [0.1, 0.15) is 62.8 Å². The van der Waals surface area contributed by atoms with Crippen LogP contribution in [0.2, 0.25) is 0 Å². The number of thioether (sulfide) groups is 1. The number of aliphatic hydroxyl groups excluding tert-OH is 1. The molecule has 41 heavy (non-hydrogen) atoms. The molecule has 4 aliphatic carbocycles. The molecule has 214 valence electrons. The van der Waals surface area contributed by atoms with Crippen molar-refractivity contribution in [1.82, 2.24) is 14.8 Å². The van der Waals surface area contributed by atoms with Crippen molar-refractivity contribution in [2.75, 3.05) is 5.75 Å². The smallest absolute Gasteiger partial charge is 0.175 e. The molecule has 7 heteroatoms. The normalized spacial score (nSPS) is 35.6.